The van der Waals surface area contributed by atoms with E-state index >= 15 is 0 Å². The fraction of sp³-hybridized carbons (Fsp3) is 0.194. The van der Waals surface area contributed by atoms with Crippen LogP contribution in [0.15, 0.2) is 179 Å². The third-order valence-electron chi connectivity index (χ3n) is 13.8. The van der Waals surface area contributed by atoms with Gasteiger partial charge < -0.3 is 18.6 Å². The molecule has 0 saturated carbocycles. The van der Waals surface area contributed by atoms with Gasteiger partial charge in [0.2, 0.25) is 0 Å². The minimum atomic E-state index is 0.438. The molecule has 0 radical (unpaired) electrons. The predicted molar refractivity (Wildman–Crippen MR) is 282 cm³/mol. The molecule has 0 unspecified atom stereocenters. The predicted octanol–water partition coefficient (Wildman–Crippen LogP) is 19.2. The van der Waals surface area contributed by atoms with Gasteiger partial charge >= 0.3 is 0 Å². The maximum Gasteiger partial charge on any atom is 0.138 e. The molecule has 11 aromatic rings. The Hall–Kier alpha value is -7.30. The molecule has 9 aromatic carbocycles. The van der Waals surface area contributed by atoms with Crippen LogP contribution in [-0.4, -0.2) is 0 Å². The average molecular weight is 861 g/mol. The maximum atomic E-state index is 7.02. The topological polar surface area (TPSA) is 32.8 Å². The summed E-state index contributed by atoms with van der Waals surface area (Å²) in [6.07, 6.45) is 0. The fourth-order valence-electron chi connectivity index (χ4n) is 10.1. The van der Waals surface area contributed by atoms with Gasteiger partial charge in [-0.1, -0.05) is 152 Å². The van der Waals surface area contributed by atoms with Crippen molar-refractivity contribution in [2.75, 3.05) is 9.80 Å². The highest BCUT2D eigenvalue weighted by molar-refractivity contribution is 6.35. The average Bonchev–Trinajstić information content (AvgIpc) is 3.91. The van der Waals surface area contributed by atoms with E-state index in [1.807, 2.05) is 0 Å². The van der Waals surface area contributed by atoms with Crippen molar-refractivity contribution in [3.05, 3.63) is 192 Å². The smallest absolute Gasteiger partial charge is 0.138 e. The van der Waals surface area contributed by atoms with Crippen LogP contribution >= 0.6 is 0 Å². The van der Waals surface area contributed by atoms with E-state index in [2.05, 4.69) is 235 Å². The van der Waals surface area contributed by atoms with Crippen LogP contribution in [0.4, 0.5) is 34.1 Å². The van der Waals surface area contributed by atoms with E-state index in [0.717, 1.165) is 99.5 Å². The quantitative estimate of drug-likeness (QED) is 0.137. The molecule has 0 bridgehead atoms. The van der Waals surface area contributed by atoms with Crippen molar-refractivity contribution in [1.82, 2.24) is 0 Å². The number of furan rings is 2. The number of hydrogen-bond donors (Lipinski definition) is 0. The van der Waals surface area contributed by atoms with E-state index in [9.17, 15) is 0 Å². The number of rotatable bonds is 10. The van der Waals surface area contributed by atoms with Gasteiger partial charge in [-0.15, -0.1) is 0 Å². The molecule has 0 aliphatic heterocycles. The van der Waals surface area contributed by atoms with Crippen LogP contribution in [0.3, 0.4) is 0 Å². The summed E-state index contributed by atoms with van der Waals surface area (Å²) in [5.41, 5.74) is 15.1. The highest BCUT2D eigenvalue weighted by atomic mass is 16.3. The third-order valence-corrected chi connectivity index (χ3v) is 13.8. The lowest BCUT2D eigenvalue weighted by molar-refractivity contribution is 0.663. The summed E-state index contributed by atoms with van der Waals surface area (Å²) in [6, 6.07) is 62.4. The van der Waals surface area contributed by atoms with Crippen molar-refractivity contribution in [3.63, 3.8) is 0 Å². The van der Waals surface area contributed by atoms with E-state index in [-0.39, 0.29) is 0 Å². The summed E-state index contributed by atoms with van der Waals surface area (Å²) < 4.78 is 14.0. The zero-order valence-corrected chi connectivity index (χ0v) is 39.2. The Balaban J connectivity index is 1.16. The Bertz CT molecular complexity index is 3230. The van der Waals surface area contributed by atoms with Gasteiger partial charge in [0, 0.05) is 67.2 Å². The third kappa shape index (κ3) is 6.90. The van der Waals surface area contributed by atoms with Crippen molar-refractivity contribution < 1.29 is 8.83 Å². The van der Waals surface area contributed by atoms with Crippen molar-refractivity contribution >= 4 is 99.5 Å². The molecule has 0 aliphatic rings. The second-order valence-electron chi connectivity index (χ2n) is 19.3. The molecule has 0 spiro atoms. The van der Waals surface area contributed by atoms with Crippen molar-refractivity contribution in [2.24, 2.45) is 0 Å². The molecule has 2 aromatic heterocycles. The Labute approximate surface area is 387 Å². The molecular formula is C62H56N2O2. The minimum Gasteiger partial charge on any atom is -0.456 e. The van der Waals surface area contributed by atoms with Gasteiger partial charge in [0.1, 0.15) is 22.3 Å². The van der Waals surface area contributed by atoms with Crippen molar-refractivity contribution in [2.45, 2.75) is 79.1 Å². The van der Waals surface area contributed by atoms with Crippen LogP contribution < -0.4 is 9.80 Å². The van der Waals surface area contributed by atoms with Gasteiger partial charge in [-0.3, -0.25) is 0 Å². The molecule has 11 rings (SSSR count). The largest absolute Gasteiger partial charge is 0.456 e. The molecular weight excluding hydrogens is 805 g/mol. The van der Waals surface area contributed by atoms with Crippen LogP contribution in [0.2, 0.25) is 0 Å². The summed E-state index contributed by atoms with van der Waals surface area (Å²) >= 11 is 0. The molecule has 0 saturated heterocycles. The molecule has 0 N–H and O–H groups in total. The Morgan fingerprint density at radius 2 is 0.561 bits per heavy atom. The number of fused-ring (bicyclic) bond motifs is 11. The Morgan fingerprint density at radius 1 is 0.288 bits per heavy atom. The van der Waals surface area contributed by atoms with Gasteiger partial charge in [0.05, 0.1) is 11.4 Å². The second kappa shape index (κ2) is 16.3. The van der Waals surface area contributed by atoms with Crippen molar-refractivity contribution in [3.8, 4) is 0 Å². The lowest BCUT2D eigenvalue weighted by Gasteiger charge is -2.28. The highest BCUT2D eigenvalue weighted by Gasteiger charge is 2.26. The number of hydrogen-bond acceptors (Lipinski definition) is 4. The number of nitrogens with zero attached hydrogens (tertiary/aromatic N) is 2. The standard InChI is InChI=1S/C62H56N2O2/c1-37(2)41-17-25-45(26-18-41)63(46-27-19-42(20-28-46)38(3)4)53-35-57-59(51-15-11-9-13-49(51)53)61-55(65-57)33-34-56-62(61)60-52-16-12-10-14-50(52)54(36-58(60)66-56)64(47-29-21-43(22-30-47)39(5)6)48-31-23-44(24-32-48)40(7)8/h9-40H,1-8H3. The van der Waals surface area contributed by atoms with Crippen LogP contribution in [-0.2, 0) is 0 Å². The first-order chi connectivity index (χ1) is 32.0. The summed E-state index contributed by atoms with van der Waals surface area (Å²) in [6.45, 7) is 18.0. The van der Waals surface area contributed by atoms with Gasteiger partial charge in [0.25, 0.3) is 0 Å². The van der Waals surface area contributed by atoms with E-state index in [1.165, 1.54) is 22.3 Å². The number of anilines is 6. The molecule has 2 heterocycles. The summed E-state index contributed by atoms with van der Waals surface area (Å²) in [5.74, 6) is 1.75. The molecule has 326 valence electrons. The normalized spacial score (nSPS) is 12.2. The van der Waals surface area contributed by atoms with Crippen LogP contribution in [0, 0.1) is 0 Å². The SMILES string of the molecule is CC(C)c1ccc(N(c2ccc(C(C)C)cc2)c2cc3oc4ccc5oc6cc(N(c7ccc(C(C)C)cc7)c7ccc(C(C)C)cc7)c7ccccc7c6c5c4c3c3ccccc23)cc1. The van der Waals surface area contributed by atoms with E-state index in [1.54, 1.807) is 0 Å². The lowest BCUT2D eigenvalue weighted by Crippen LogP contribution is -2.11. The molecule has 0 atom stereocenters. The molecule has 0 amide bonds. The highest BCUT2D eigenvalue weighted by Crippen LogP contribution is 2.50. The zero-order valence-electron chi connectivity index (χ0n) is 39.2. The molecule has 4 heteroatoms. The lowest BCUT2D eigenvalue weighted by atomic mass is 9.96. The Kier molecular flexibility index (Phi) is 10.2. The van der Waals surface area contributed by atoms with Crippen LogP contribution in [0.25, 0.3) is 65.4 Å². The maximum absolute atomic E-state index is 7.02. The molecule has 0 aliphatic carbocycles. The monoisotopic (exact) mass is 860 g/mol. The minimum absolute atomic E-state index is 0.438. The number of benzene rings is 9. The first kappa shape index (κ1) is 41.4. The van der Waals surface area contributed by atoms with Crippen LogP contribution in [0.1, 0.15) is 101 Å². The molecule has 0 fully saturated rings. The van der Waals surface area contributed by atoms with E-state index in [0.29, 0.717) is 23.7 Å². The first-order valence-corrected chi connectivity index (χ1v) is 23.7. The second-order valence-corrected chi connectivity index (χ2v) is 19.3. The van der Waals surface area contributed by atoms with Crippen molar-refractivity contribution in [1.29, 1.82) is 0 Å². The zero-order chi connectivity index (χ0) is 45.4. The Morgan fingerprint density at radius 3 is 0.833 bits per heavy atom. The molecule has 66 heavy (non-hydrogen) atoms. The van der Waals surface area contributed by atoms with E-state index < -0.39 is 0 Å². The first-order valence-electron chi connectivity index (χ1n) is 23.7. The summed E-state index contributed by atoms with van der Waals surface area (Å²) in [7, 11) is 0. The van der Waals surface area contributed by atoms with Gasteiger partial charge in [0.15, 0.2) is 0 Å². The molecule has 4 nitrogen and oxygen atoms in total. The van der Waals surface area contributed by atoms with Crippen LogP contribution in [0.5, 0.6) is 0 Å². The van der Waals surface area contributed by atoms with Gasteiger partial charge in [-0.25, -0.2) is 0 Å². The summed E-state index contributed by atoms with van der Waals surface area (Å²) in [5, 5.41) is 8.88. The summed E-state index contributed by atoms with van der Waals surface area (Å²) in [4.78, 5) is 4.78. The van der Waals surface area contributed by atoms with Gasteiger partial charge in [-0.2, -0.15) is 0 Å². The van der Waals surface area contributed by atoms with Gasteiger partial charge in [-0.05, 0) is 117 Å². The van der Waals surface area contributed by atoms with E-state index in [4.69, 9.17) is 8.83 Å². The fourth-order valence-corrected chi connectivity index (χ4v) is 10.1.